The quantitative estimate of drug-likeness (QED) is 0.741. The molecule has 0 fully saturated rings. The van der Waals surface area contributed by atoms with Crippen molar-refractivity contribution in [1.29, 1.82) is 0 Å². The Hall–Kier alpha value is -2.30. The highest BCUT2D eigenvalue weighted by atomic mass is 16.5. The Morgan fingerprint density at radius 2 is 1.47 bits per heavy atom. The molecule has 0 saturated carbocycles. The number of methoxy groups -OCH3 is 2. The minimum atomic E-state index is -0.402. The summed E-state index contributed by atoms with van der Waals surface area (Å²) in [4.78, 5) is 24.6. The molecule has 5 heteroatoms. The summed E-state index contributed by atoms with van der Waals surface area (Å²) in [6, 6.07) is 3.00. The predicted molar refractivity (Wildman–Crippen MR) is 60.2 cm³/mol. The number of hydrogen-bond acceptors (Lipinski definition) is 4. The van der Waals surface area contributed by atoms with E-state index in [2.05, 4.69) is 6.58 Å². The largest absolute Gasteiger partial charge is 0.493 e. The van der Waals surface area contributed by atoms with Crippen molar-refractivity contribution in [1.82, 2.24) is 4.90 Å². The van der Waals surface area contributed by atoms with Crippen molar-refractivity contribution < 1.29 is 19.1 Å². The molecule has 17 heavy (non-hydrogen) atoms. The van der Waals surface area contributed by atoms with Crippen molar-refractivity contribution in [2.24, 2.45) is 0 Å². The van der Waals surface area contributed by atoms with E-state index in [0.29, 0.717) is 22.6 Å². The van der Waals surface area contributed by atoms with E-state index in [1.807, 2.05) is 0 Å². The molecule has 1 aliphatic rings. The Morgan fingerprint density at radius 1 is 1.06 bits per heavy atom. The molecule has 0 bridgehead atoms. The Labute approximate surface area is 98.2 Å². The van der Waals surface area contributed by atoms with Gasteiger partial charge in [-0.25, -0.2) is 4.90 Å². The molecule has 0 aromatic heterocycles. The van der Waals surface area contributed by atoms with Gasteiger partial charge in [-0.3, -0.25) is 9.59 Å². The smallest absolute Gasteiger partial charge is 0.265 e. The third-order valence-electron chi connectivity index (χ3n) is 2.60. The molecule has 2 amide bonds. The summed E-state index contributed by atoms with van der Waals surface area (Å²) < 4.78 is 10.2. The molecule has 0 N–H and O–H groups in total. The van der Waals surface area contributed by atoms with E-state index in [4.69, 9.17) is 9.47 Å². The van der Waals surface area contributed by atoms with Gasteiger partial charge < -0.3 is 9.47 Å². The molecule has 2 rings (SSSR count). The number of benzene rings is 1. The summed E-state index contributed by atoms with van der Waals surface area (Å²) in [6.07, 6.45) is 1.20. The van der Waals surface area contributed by atoms with Gasteiger partial charge in [0.1, 0.15) is 0 Å². The molecule has 0 radical (unpaired) electrons. The van der Waals surface area contributed by atoms with E-state index in [9.17, 15) is 9.59 Å². The van der Waals surface area contributed by atoms with Crippen molar-refractivity contribution in [3.8, 4) is 11.5 Å². The van der Waals surface area contributed by atoms with Crippen LogP contribution in [0.4, 0.5) is 0 Å². The van der Waals surface area contributed by atoms with Crippen molar-refractivity contribution in [3.63, 3.8) is 0 Å². The van der Waals surface area contributed by atoms with E-state index in [1.54, 1.807) is 0 Å². The molecule has 0 atom stereocenters. The van der Waals surface area contributed by atoms with Gasteiger partial charge in [0.15, 0.2) is 11.5 Å². The first-order valence-corrected chi connectivity index (χ1v) is 4.90. The first-order valence-electron chi connectivity index (χ1n) is 4.90. The van der Waals surface area contributed by atoms with Crippen LogP contribution in [0.3, 0.4) is 0 Å². The number of carbonyl (C=O) groups is 2. The number of nitrogens with zero attached hydrogens (tertiary/aromatic N) is 1. The van der Waals surface area contributed by atoms with Crippen LogP contribution in [0, 0.1) is 0 Å². The molecule has 0 saturated heterocycles. The van der Waals surface area contributed by atoms with Gasteiger partial charge in [0.05, 0.1) is 25.3 Å². The van der Waals surface area contributed by atoms with Gasteiger partial charge in [0.25, 0.3) is 11.8 Å². The maximum absolute atomic E-state index is 11.8. The molecule has 1 aliphatic heterocycles. The molecule has 0 aliphatic carbocycles. The maximum Gasteiger partial charge on any atom is 0.265 e. The Morgan fingerprint density at radius 3 is 1.76 bits per heavy atom. The van der Waals surface area contributed by atoms with Crippen molar-refractivity contribution in [3.05, 3.63) is 36.0 Å². The maximum atomic E-state index is 11.8. The van der Waals surface area contributed by atoms with Crippen LogP contribution in [0.15, 0.2) is 24.9 Å². The van der Waals surface area contributed by atoms with E-state index >= 15 is 0 Å². The van der Waals surface area contributed by atoms with E-state index in [-0.39, 0.29) is 0 Å². The third kappa shape index (κ3) is 1.47. The molecule has 1 heterocycles. The Balaban J connectivity index is 2.63. The van der Waals surface area contributed by atoms with E-state index < -0.39 is 11.8 Å². The zero-order valence-corrected chi connectivity index (χ0v) is 9.52. The zero-order chi connectivity index (χ0) is 12.6. The van der Waals surface area contributed by atoms with Crippen molar-refractivity contribution in [2.75, 3.05) is 14.2 Å². The fraction of sp³-hybridized carbons (Fsp3) is 0.167. The van der Waals surface area contributed by atoms with Crippen molar-refractivity contribution in [2.45, 2.75) is 0 Å². The standard InChI is InChI=1S/C12H11NO4/c1-4-13-11(14)7-5-9(16-2)10(17-3)6-8(7)12(13)15/h4-6H,1H2,2-3H3. The van der Waals surface area contributed by atoms with Gasteiger partial charge in [0, 0.05) is 6.20 Å². The van der Waals surface area contributed by atoms with Crippen LogP contribution in [0.2, 0.25) is 0 Å². The lowest BCUT2D eigenvalue weighted by Crippen LogP contribution is -2.22. The van der Waals surface area contributed by atoms with Crippen LogP contribution in [-0.2, 0) is 0 Å². The molecule has 1 aromatic rings. The fourth-order valence-corrected chi connectivity index (χ4v) is 1.75. The number of carbonyl (C=O) groups excluding carboxylic acids is 2. The Kier molecular flexibility index (Phi) is 2.59. The van der Waals surface area contributed by atoms with Crippen LogP contribution >= 0.6 is 0 Å². The summed E-state index contributed by atoms with van der Waals surface area (Å²) in [5.74, 6) is 0.0264. The van der Waals surface area contributed by atoms with Gasteiger partial charge >= 0.3 is 0 Å². The highest BCUT2D eigenvalue weighted by molar-refractivity contribution is 6.22. The first-order chi connectivity index (χ1) is 8.13. The van der Waals surface area contributed by atoms with Crippen LogP contribution < -0.4 is 9.47 Å². The summed E-state index contributed by atoms with van der Waals surface area (Å²) in [7, 11) is 2.94. The van der Waals surface area contributed by atoms with Gasteiger partial charge in [-0.05, 0) is 12.1 Å². The van der Waals surface area contributed by atoms with E-state index in [1.165, 1.54) is 32.6 Å². The average molecular weight is 233 g/mol. The topological polar surface area (TPSA) is 55.8 Å². The summed E-state index contributed by atoms with van der Waals surface area (Å²) in [5, 5.41) is 0. The minimum Gasteiger partial charge on any atom is -0.493 e. The zero-order valence-electron chi connectivity index (χ0n) is 9.52. The predicted octanol–water partition coefficient (Wildman–Crippen LogP) is 1.44. The van der Waals surface area contributed by atoms with Crippen LogP contribution in [0.25, 0.3) is 0 Å². The second-order valence-corrected chi connectivity index (χ2v) is 3.42. The van der Waals surface area contributed by atoms with Crippen LogP contribution in [-0.4, -0.2) is 30.9 Å². The Bertz CT molecular complexity index is 478. The molecule has 88 valence electrons. The van der Waals surface area contributed by atoms with Crippen LogP contribution in [0.5, 0.6) is 11.5 Å². The lowest BCUT2D eigenvalue weighted by molar-refractivity contribution is 0.0722. The molecular formula is C12H11NO4. The van der Waals surface area contributed by atoms with Crippen molar-refractivity contribution >= 4 is 11.8 Å². The molecule has 1 aromatic carbocycles. The van der Waals surface area contributed by atoms with Gasteiger partial charge in [-0.2, -0.15) is 0 Å². The summed E-state index contributed by atoms with van der Waals surface area (Å²) >= 11 is 0. The third-order valence-corrected chi connectivity index (χ3v) is 2.60. The lowest BCUT2D eigenvalue weighted by atomic mass is 10.1. The monoisotopic (exact) mass is 233 g/mol. The summed E-state index contributed by atoms with van der Waals surface area (Å²) in [6.45, 7) is 3.43. The van der Waals surface area contributed by atoms with Crippen LogP contribution in [0.1, 0.15) is 20.7 Å². The van der Waals surface area contributed by atoms with Gasteiger partial charge in [-0.15, -0.1) is 0 Å². The highest BCUT2D eigenvalue weighted by Crippen LogP contribution is 2.34. The molecule has 5 nitrogen and oxygen atoms in total. The average Bonchev–Trinajstić information content (AvgIpc) is 2.59. The molecule has 0 spiro atoms. The highest BCUT2D eigenvalue weighted by Gasteiger charge is 2.35. The number of fused-ring (bicyclic) bond motifs is 1. The molecule has 0 unspecified atom stereocenters. The second kappa shape index (κ2) is 3.93. The first kappa shape index (κ1) is 11.2. The SMILES string of the molecule is C=CN1C(=O)c2cc(OC)c(OC)cc2C1=O. The van der Waals surface area contributed by atoms with Gasteiger partial charge in [0.2, 0.25) is 0 Å². The minimum absolute atomic E-state index is 0.299. The second-order valence-electron chi connectivity index (χ2n) is 3.42. The summed E-state index contributed by atoms with van der Waals surface area (Å²) in [5.41, 5.74) is 0.597. The number of ether oxygens (including phenoxy) is 2. The lowest BCUT2D eigenvalue weighted by Gasteiger charge is -2.07. The van der Waals surface area contributed by atoms with E-state index in [0.717, 1.165) is 4.90 Å². The fourth-order valence-electron chi connectivity index (χ4n) is 1.75. The number of rotatable bonds is 3. The number of hydrogen-bond donors (Lipinski definition) is 0. The number of imide groups is 1. The molecular weight excluding hydrogens is 222 g/mol. The van der Waals surface area contributed by atoms with Gasteiger partial charge in [-0.1, -0.05) is 6.58 Å². The normalized spacial score (nSPS) is 13.6. The number of amides is 2.